The number of hydrogen-bond donors (Lipinski definition) is 2. The Morgan fingerprint density at radius 1 is 0.612 bits per heavy atom. The summed E-state index contributed by atoms with van der Waals surface area (Å²) in [6.45, 7) is 55.3. The number of amides is 1. The minimum atomic E-state index is -1.92. The summed E-state index contributed by atoms with van der Waals surface area (Å²) in [5.41, 5.74) is 3.65. The molecule has 0 radical (unpaired) electrons. The molecule has 0 rings (SSSR count). The van der Waals surface area contributed by atoms with E-state index in [4.69, 9.17) is 14.0 Å². The van der Waals surface area contributed by atoms with Crippen LogP contribution in [0.3, 0.4) is 0 Å². The summed E-state index contributed by atoms with van der Waals surface area (Å²) in [6, 6.07) is -0.308. The highest BCUT2D eigenvalue weighted by Gasteiger charge is 2.42. The number of allylic oxidation sites excluding steroid dienone is 4. The van der Waals surface area contributed by atoms with Crippen LogP contribution in [0.5, 0.6) is 0 Å². The van der Waals surface area contributed by atoms with Crippen LogP contribution in [0.15, 0.2) is 46.6 Å². The van der Waals surface area contributed by atoms with E-state index in [1.807, 2.05) is 26.1 Å². The van der Waals surface area contributed by atoms with Crippen molar-refractivity contribution in [1.82, 2.24) is 10.2 Å². The maximum atomic E-state index is 13.0. The quantitative estimate of drug-likeness (QED) is 0.0557. The first-order chi connectivity index (χ1) is 30.2. The average Bonchev–Trinajstić information content (AvgIpc) is 3.21. The number of likely N-dealkylation sites (N-methyl/N-ethyl adjacent to an activating group) is 2. The van der Waals surface area contributed by atoms with E-state index >= 15 is 0 Å². The van der Waals surface area contributed by atoms with Crippen LogP contribution < -0.4 is 5.32 Å². The highest BCUT2D eigenvalue weighted by Crippen LogP contribution is 2.41. The highest BCUT2D eigenvalue weighted by atomic mass is 28.4. The summed E-state index contributed by atoms with van der Waals surface area (Å²) in [4.78, 5) is 48.6. The summed E-state index contributed by atoms with van der Waals surface area (Å²) >= 11 is 0. The topological polar surface area (TPSA) is 122 Å². The SMILES string of the molecule is C/C=C(\C)C(O[Si](C)(C)C(C)(C)C)[C@@H](C)[C@@H](C)C/C=C(\C)C(=O)N(C)C(CC(C)C)C(C)=O.C/C=C(\C)C(O[Si](C)(C)C(C)(C)C)[C@@H](C)[C@@H](C)C/C=C(\C)C(=O)O.CN[C@H](CC(C)C)C(C)=O. The zero-order chi connectivity index (χ0) is 53.7. The van der Waals surface area contributed by atoms with E-state index < -0.39 is 22.6 Å². The number of carboxylic acid groups (broad SMARTS) is 1. The zero-order valence-corrected chi connectivity index (χ0v) is 50.8. The Morgan fingerprint density at radius 2 is 0.955 bits per heavy atom. The molecule has 0 spiro atoms. The second-order valence-corrected chi connectivity index (χ2v) is 33.2. The largest absolute Gasteiger partial charge is 0.478 e. The van der Waals surface area contributed by atoms with Crippen molar-refractivity contribution >= 4 is 40.1 Å². The third-order valence-electron chi connectivity index (χ3n) is 14.8. The molecule has 3 unspecified atom stereocenters. The Hall–Kier alpha value is -2.45. The number of carbonyl (C=O) groups excluding carboxylic acids is 3. The number of nitrogens with zero attached hydrogens (tertiary/aromatic N) is 1. The van der Waals surface area contributed by atoms with Crippen molar-refractivity contribution in [1.29, 1.82) is 0 Å². The molecule has 0 aromatic carbocycles. The normalized spacial score (nSPS) is 17.2. The number of Topliss-reactive ketones (excluding diaryl/α,β-unsaturated/α-hetero) is 2. The number of hydrogen-bond acceptors (Lipinski definition) is 7. The van der Waals surface area contributed by atoms with Gasteiger partial charge in [0.2, 0.25) is 5.91 Å². The Balaban J connectivity index is -0.00000105. The molecule has 0 aromatic heterocycles. The fourth-order valence-electron chi connectivity index (χ4n) is 6.89. The summed E-state index contributed by atoms with van der Waals surface area (Å²) in [7, 11) is -0.211. The van der Waals surface area contributed by atoms with Crippen LogP contribution in [0.1, 0.15) is 178 Å². The fourth-order valence-corrected chi connectivity index (χ4v) is 9.67. The first-order valence-corrected chi connectivity index (χ1v) is 31.1. The molecule has 8 atom stereocenters. The zero-order valence-electron chi connectivity index (χ0n) is 48.8. The van der Waals surface area contributed by atoms with Gasteiger partial charge in [-0.15, -0.1) is 0 Å². The third kappa shape index (κ3) is 25.3. The van der Waals surface area contributed by atoms with Gasteiger partial charge in [-0.25, -0.2) is 4.79 Å². The molecular formula is C56H108N2O7Si2. The van der Waals surface area contributed by atoms with Crippen LogP contribution in [0.25, 0.3) is 0 Å². The van der Waals surface area contributed by atoms with Crippen LogP contribution in [0.2, 0.25) is 36.3 Å². The molecule has 0 saturated heterocycles. The molecule has 0 aliphatic heterocycles. The van der Waals surface area contributed by atoms with E-state index in [9.17, 15) is 19.2 Å². The molecule has 1 amide bonds. The maximum absolute atomic E-state index is 13.0. The van der Waals surface area contributed by atoms with Crippen LogP contribution >= 0.6 is 0 Å². The van der Waals surface area contributed by atoms with E-state index in [0.29, 0.717) is 53.1 Å². The molecule has 392 valence electrons. The van der Waals surface area contributed by atoms with Gasteiger partial charge >= 0.3 is 5.97 Å². The first kappa shape index (κ1) is 68.8. The molecule has 0 aliphatic carbocycles. The molecule has 67 heavy (non-hydrogen) atoms. The highest BCUT2D eigenvalue weighted by molar-refractivity contribution is 6.74. The van der Waals surface area contributed by atoms with Crippen molar-refractivity contribution in [2.24, 2.45) is 35.5 Å². The Kier molecular flexibility index (Phi) is 31.8. The van der Waals surface area contributed by atoms with Gasteiger partial charge in [0.1, 0.15) is 5.78 Å². The molecule has 2 N–H and O–H groups in total. The third-order valence-corrected chi connectivity index (χ3v) is 23.7. The Bertz CT molecular complexity index is 1640. The molecule has 0 bridgehead atoms. The molecule has 0 aromatic rings. The molecule has 9 nitrogen and oxygen atoms in total. The second kappa shape index (κ2) is 31.0. The number of aliphatic carboxylic acids is 1. The van der Waals surface area contributed by atoms with Gasteiger partial charge in [0, 0.05) is 18.2 Å². The van der Waals surface area contributed by atoms with Crippen molar-refractivity contribution in [2.45, 2.75) is 239 Å². The minimum Gasteiger partial charge on any atom is -0.478 e. The lowest BCUT2D eigenvalue weighted by Gasteiger charge is -2.42. The van der Waals surface area contributed by atoms with Gasteiger partial charge in [-0.05, 0) is 171 Å². The summed E-state index contributed by atoms with van der Waals surface area (Å²) in [5, 5.41) is 12.3. The smallest absolute Gasteiger partial charge is 0.330 e. The van der Waals surface area contributed by atoms with E-state index in [-0.39, 0.29) is 51.8 Å². The van der Waals surface area contributed by atoms with Crippen LogP contribution in [-0.2, 0) is 28.0 Å². The van der Waals surface area contributed by atoms with E-state index in [1.54, 1.807) is 32.7 Å². The fraction of sp³-hybridized carbons (Fsp3) is 0.786. The molecule has 0 saturated carbocycles. The lowest BCUT2D eigenvalue weighted by atomic mass is 9.85. The van der Waals surface area contributed by atoms with Crippen molar-refractivity contribution in [3.8, 4) is 0 Å². The average molecular weight is 978 g/mol. The monoisotopic (exact) mass is 977 g/mol. The first-order valence-electron chi connectivity index (χ1n) is 25.3. The lowest BCUT2D eigenvalue weighted by Crippen LogP contribution is -2.46. The van der Waals surface area contributed by atoms with Gasteiger partial charge in [0.15, 0.2) is 22.4 Å². The summed E-state index contributed by atoms with van der Waals surface area (Å²) < 4.78 is 13.6. The standard InChI is InChI=1S/C28H53NO3Si.C20H38O3Si.C8H17NO/c1-15-20(4)26(32-33(13,14)28(9,10)11)23(7)21(5)16-17-22(6)27(31)29(12)25(24(8)30)18-19(2)3;1-11-14(2)18(23-24(9,10)20(6,7)8)17(5)15(3)12-13-16(4)19(21)22;1-6(2)5-8(9-4)7(3)10/h15,17,19,21,23,25-26H,16,18H2,1-14H3;11,13,15,17-18H,12H2,1-10H3,(H,21,22);6,8-9H,5H2,1-4H3/b20-15+,22-17+;14-11+,16-13+;/t21-,23-,25?,26?;15-,17-,18?;8-/m001/s1. The van der Waals surface area contributed by atoms with Crippen molar-refractivity contribution < 1.29 is 33.1 Å². The second-order valence-electron chi connectivity index (χ2n) is 23.6. The summed E-state index contributed by atoms with van der Waals surface area (Å²) in [5.74, 6) is 1.66. The Labute approximate surface area is 416 Å². The number of carboxylic acids is 1. The summed E-state index contributed by atoms with van der Waals surface area (Å²) in [6.07, 6.45) is 11.5. The van der Waals surface area contributed by atoms with Gasteiger partial charge in [-0.3, -0.25) is 14.4 Å². The van der Waals surface area contributed by atoms with Gasteiger partial charge in [0.25, 0.3) is 0 Å². The van der Waals surface area contributed by atoms with Gasteiger partial charge in [-0.2, -0.15) is 0 Å². The molecule has 11 heteroatoms. The molecule has 0 heterocycles. The lowest BCUT2D eigenvalue weighted by molar-refractivity contribution is -0.134. The van der Waals surface area contributed by atoms with Crippen LogP contribution in [0, 0.1) is 35.5 Å². The van der Waals surface area contributed by atoms with Gasteiger partial charge in [0.05, 0.1) is 24.3 Å². The molecule has 0 fully saturated rings. The predicted octanol–water partition coefficient (Wildman–Crippen LogP) is 14.7. The van der Waals surface area contributed by atoms with Crippen molar-refractivity contribution in [3.63, 3.8) is 0 Å². The number of carbonyl (C=O) groups is 4. The maximum Gasteiger partial charge on any atom is 0.330 e. The van der Waals surface area contributed by atoms with Crippen LogP contribution in [0.4, 0.5) is 0 Å². The van der Waals surface area contributed by atoms with Crippen molar-refractivity contribution in [3.05, 3.63) is 46.6 Å². The van der Waals surface area contributed by atoms with E-state index in [1.165, 1.54) is 11.1 Å². The van der Waals surface area contributed by atoms with Crippen molar-refractivity contribution in [2.75, 3.05) is 14.1 Å². The van der Waals surface area contributed by atoms with E-state index in [2.05, 4.69) is 168 Å². The number of ketones is 2. The predicted molar refractivity (Wildman–Crippen MR) is 294 cm³/mol. The molecular weight excluding hydrogens is 869 g/mol. The van der Waals surface area contributed by atoms with Gasteiger partial charge in [-0.1, -0.05) is 121 Å². The van der Waals surface area contributed by atoms with E-state index in [0.717, 1.165) is 19.3 Å². The minimum absolute atomic E-state index is 0.0433. The number of nitrogens with one attached hydrogen (secondary N) is 1. The Morgan fingerprint density at radius 3 is 1.19 bits per heavy atom. The molecule has 0 aliphatic rings. The van der Waals surface area contributed by atoms with Crippen LogP contribution in [-0.4, -0.2) is 88.5 Å². The van der Waals surface area contributed by atoms with Gasteiger partial charge < -0.3 is 24.2 Å². The number of rotatable bonds is 24.